The molecule has 0 radical (unpaired) electrons. The van der Waals surface area contributed by atoms with Crippen molar-refractivity contribution in [2.24, 2.45) is 0 Å². The lowest BCUT2D eigenvalue weighted by Crippen LogP contribution is -2.23. The van der Waals surface area contributed by atoms with E-state index in [2.05, 4.69) is 15.7 Å². The van der Waals surface area contributed by atoms with Crippen LogP contribution in [0.25, 0.3) is 11.1 Å². The van der Waals surface area contributed by atoms with Crippen molar-refractivity contribution in [1.29, 1.82) is 0 Å². The van der Waals surface area contributed by atoms with Crippen LogP contribution < -0.4 is 24.8 Å². The van der Waals surface area contributed by atoms with Gasteiger partial charge in [0.25, 0.3) is 5.91 Å². The quantitative estimate of drug-likeness (QED) is 0.606. The standard InChI is InChI=1S/C22H22N4O5/c1-29-17-9-14(10-18(30-2)20(17)31-3)24-19(27)11-16-22(28)25-21-15(12-23-26(16)21)13-7-5-4-6-8-13/h4-10,12,16H,11H2,1-3H3,(H,24,27)(H,25,28)/t16-/m1/s1. The Morgan fingerprint density at radius 3 is 2.39 bits per heavy atom. The fraction of sp³-hybridized carbons (Fsp3) is 0.227. The zero-order valence-electron chi connectivity index (χ0n) is 17.3. The molecule has 3 aromatic rings. The summed E-state index contributed by atoms with van der Waals surface area (Å²) in [5.41, 5.74) is 2.21. The second-order valence-electron chi connectivity index (χ2n) is 6.89. The second-order valence-corrected chi connectivity index (χ2v) is 6.89. The molecule has 2 heterocycles. The van der Waals surface area contributed by atoms with E-state index >= 15 is 0 Å². The third kappa shape index (κ3) is 3.77. The van der Waals surface area contributed by atoms with Gasteiger partial charge in [-0.3, -0.25) is 9.59 Å². The Bertz CT molecular complexity index is 1100. The van der Waals surface area contributed by atoms with E-state index in [4.69, 9.17) is 14.2 Å². The number of ether oxygens (including phenoxy) is 3. The molecule has 4 rings (SSSR count). The molecule has 0 saturated heterocycles. The second kappa shape index (κ2) is 8.39. The van der Waals surface area contributed by atoms with Crippen LogP contribution in [0.4, 0.5) is 11.5 Å². The summed E-state index contributed by atoms with van der Waals surface area (Å²) >= 11 is 0. The molecule has 9 heteroatoms. The maximum absolute atomic E-state index is 12.7. The van der Waals surface area contributed by atoms with Crippen LogP contribution in [0.5, 0.6) is 17.2 Å². The first kappa shape index (κ1) is 20.3. The van der Waals surface area contributed by atoms with Gasteiger partial charge in [0.1, 0.15) is 11.9 Å². The molecule has 0 unspecified atom stereocenters. The number of hydrogen-bond acceptors (Lipinski definition) is 6. The Morgan fingerprint density at radius 2 is 1.77 bits per heavy atom. The Hall–Kier alpha value is -4.01. The fourth-order valence-corrected chi connectivity index (χ4v) is 3.58. The van der Waals surface area contributed by atoms with Gasteiger partial charge in [0.2, 0.25) is 11.7 Å². The van der Waals surface area contributed by atoms with Crippen LogP contribution >= 0.6 is 0 Å². The molecule has 160 valence electrons. The summed E-state index contributed by atoms with van der Waals surface area (Å²) in [6.45, 7) is 0. The van der Waals surface area contributed by atoms with Crippen LogP contribution in [0.3, 0.4) is 0 Å². The topological polar surface area (TPSA) is 104 Å². The molecule has 0 aliphatic carbocycles. The Balaban J connectivity index is 1.53. The summed E-state index contributed by atoms with van der Waals surface area (Å²) < 4.78 is 17.5. The zero-order chi connectivity index (χ0) is 22.0. The van der Waals surface area contributed by atoms with Crippen molar-refractivity contribution in [3.05, 3.63) is 48.7 Å². The average Bonchev–Trinajstić information content (AvgIpc) is 3.32. The highest BCUT2D eigenvalue weighted by Crippen LogP contribution is 2.40. The van der Waals surface area contributed by atoms with Gasteiger partial charge in [-0.25, -0.2) is 4.68 Å². The number of benzene rings is 2. The maximum atomic E-state index is 12.7. The predicted octanol–water partition coefficient (Wildman–Crippen LogP) is 3.10. The van der Waals surface area contributed by atoms with Crippen LogP contribution in [0.2, 0.25) is 0 Å². The predicted molar refractivity (Wildman–Crippen MR) is 115 cm³/mol. The van der Waals surface area contributed by atoms with Crippen LogP contribution in [0.1, 0.15) is 12.5 Å². The van der Waals surface area contributed by atoms with Gasteiger partial charge >= 0.3 is 0 Å². The first-order valence-corrected chi connectivity index (χ1v) is 9.59. The maximum Gasteiger partial charge on any atom is 0.251 e. The minimum absolute atomic E-state index is 0.0780. The normalized spacial score (nSPS) is 14.5. The molecule has 1 aliphatic heterocycles. The minimum Gasteiger partial charge on any atom is -0.493 e. The number of nitrogens with one attached hydrogen (secondary N) is 2. The molecule has 1 aliphatic rings. The largest absolute Gasteiger partial charge is 0.493 e. The smallest absolute Gasteiger partial charge is 0.251 e. The first-order valence-electron chi connectivity index (χ1n) is 9.59. The number of rotatable bonds is 7. The van der Waals surface area contributed by atoms with Gasteiger partial charge in [-0.2, -0.15) is 5.10 Å². The minimum atomic E-state index is -0.741. The van der Waals surface area contributed by atoms with Crippen molar-refractivity contribution in [2.75, 3.05) is 32.0 Å². The van der Waals surface area contributed by atoms with E-state index in [0.29, 0.717) is 28.8 Å². The number of anilines is 2. The van der Waals surface area contributed by atoms with Crippen molar-refractivity contribution >= 4 is 23.3 Å². The summed E-state index contributed by atoms with van der Waals surface area (Å²) in [6.07, 6.45) is 1.61. The van der Waals surface area contributed by atoms with Gasteiger partial charge in [-0.05, 0) is 5.56 Å². The monoisotopic (exact) mass is 422 g/mol. The average molecular weight is 422 g/mol. The van der Waals surface area contributed by atoms with E-state index in [1.165, 1.54) is 21.3 Å². The summed E-state index contributed by atoms with van der Waals surface area (Å²) in [5.74, 6) is 1.21. The Labute approximate surface area is 178 Å². The third-order valence-electron chi connectivity index (χ3n) is 5.05. The Morgan fingerprint density at radius 1 is 1.10 bits per heavy atom. The molecule has 9 nitrogen and oxygen atoms in total. The lowest BCUT2D eigenvalue weighted by Gasteiger charge is -2.15. The lowest BCUT2D eigenvalue weighted by atomic mass is 10.1. The van der Waals surface area contributed by atoms with Crippen molar-refractivity contribution in [3.8, 4) is 28.4 Å². The zero-order valence-corrected chi connectivity index (χ0v) is 17.3. The van der Waals surface area contributed by atoms with Crippen LogP contribution in [-0.4, -0.2) is 42.9 Å². The molecular formula is C22H22N4O5. The van der Waals surface area contributed by atoms with Crippen molar-refractivity contribution < 1.29 is 23.8 Å². The number of methoxy groups -OCH3 is 3. The summed E-state index contributed by atoms with van der Waals surface area (Å²) in [4.78, 5) is 25.2. The van der Waals surface area contributed by atoms with Gasteiger partial charge in [-0.1, -0.05) is 30.3 Å². The van der Waals surface area contributed by atoms with Crippen molar-refractivity contribution in [2.45, 2.75) is 12.5 Å². The highest BCUT2D eigenvalue weighted by Gasteiger charge is 2.35. The molecule has 0 bridgehead atoms. The van der Waals surface area contributed by atoms with Crippen LogP contribution in [-0.2, 0) is 9.59 Å². The van der Waals surface area contributed by atoms with Gasteiger partial charge in [0.15, 0.2) is 11.5 Å². The molecule has 0 spiro atoms. The number of amides is 2. The van der Waals surface area contributed by atoms with Gasteiger partial charge < -0.3 is 24.8 Å². The van der Waals surface area contributed by atoms with E-state index in [-0.39, 0.29) is 18.2 Å². The molecule has 0 saturated carbocycles. The molecule has 2 amide bonds. The van der Waals surface area contributed by atoms with Gasteiger partial charge in [0, 0.05) is 23.4 Å². The number of aromatic nitrogens is 2. The van der Waals surface area contributed by atoms with E-state index < -0.39 is 6.04 Å². The Kier molecular flexibility index (Phi) is 5.48. The van der Waals surface area contributed by atoms with Crippen molar-refractivity contribution in [3.63, 3.8) is 0 Å². The fourth-order valence-electron chi connectivity index (χ4n) is 3.58. The highest BCUT2D eigenvalue weighted by atomic mass is 16.5. The molecule has 2 N–H and O–H groups in total. The molecule has 1 atom stereocenters. The number of nitrogens with zero attached hydrogens (tertiary/aromatic N) is 2. The van der Waals surface area contributed by atoms with Crippen LogP contribution in [0.15, 0.2) is 48.7 Å². The third-order valence-corrected chi connectivity index (χ3v) is 5.05. The van der Waals surface area contributed by atoms with E-state index in [1.807, 2.05) is 30.3 Å². The summed E-state index contributed by atoms with van der Waals surface area (Å²) in [5, 5.41) is 9.96. The molecule has 0 fully saturated rings. The molecule has 31 heavy (non-hydrogen) atoms. The van der Waals surface area contributed by atoms with E-state index in [1.54, 1.807) is 23.0 Å². The molecular weight excluding hydrogens is 400 g/mol. The summed E-state index contributed by atoms with van der Waals surface area (Å²) in [7, 11) is 4.49. The number of carbonyl (C=O) groups is 2. The summed E-state index contributed by atoms with van der Waals surface area (Å²) in [6, 6.07) is 12.1. The van der Waals surface area contributed by atoms with Gasteiger partial charge in [0.05, 0.1) is 33.9 Å². The molecule has 1 aromatic heterocycles. The lowest BCUT2D eigenvalue weighted by molar-refractivity contribution is -0.123. The molecule has 2 aromatic carbocycles. The first-order chi connectivity index (χ1) is 15.0. The van der Waals surface area contributed by atoms with E-state index in [0.717, 1.165) is 11.1 Å². The van der Waals surface area contributed by atoms with E-state index in [9.17, 15) is 9.59 Å². The van der Waals surface area contributed by atoms with Crippen molar-refractivity contribution in [1.82, 2.24) is 9.78 Å². The number of hydrogen-bond donors (Lipinski definition) is 2. The van der Waals surface area contributed by atoms with Crippen LogP contribution in [0, 0.1) is 0 Å². The SMILES string of the molecule is COc1cc(NC(=O)C[C@@H]2C(=O)Nc3c(-c4ccccc4)cnn32)cc(OC)c1OC. The number of fused-ring (bicyclic) bond motifs is 1. The highest BCUT2D eigenvalue weighted by molar-refractivity contribution is 6.04. The number of carbonyl (C=O) groups excluding carboxylic acids is 2. The van der Waals surface area contributed by atoms with Gasteiger partial charge in [-0.15, -0.1) is 0 Å².